The second-order valence-corrected chi connectivity index (χ2v) is 3.95. The Morgan fingerprint density at radius 1 is 1.53 bits per heavy atom. The molecule has 0 spiro atoms. The van der Waals surface area contributed by atoms with Crippen LogP contribution in [-0.2, 0) is 18.3 Å². The molecule has 2 aromatic rings. The van der Waals surface area contributed by atoms with Gasteiger partial charge in [-0.05, 0) is 6.42 Å². The van der Waals surface area contributed by atoms with Crippen LogP contribution in [0.4, 0.5) is 4.39 Å². The molecular weight excluding hydrogens is 253 g/mol. The Morgan fingerprint density at radius 3 is 2.89 bits per heavy atom. The van der Waals surface area contributed by atoms with Crippen LogP contribution < -0.4 is 0 Å². The minimum absolute atomic E-state index is 0.106. The number of carbonyl (C=O) groups is 1. The van der Waals surface area contributed by atoms with Gasteiger partial charge >= 0.3 is 5.97 Å². The largest absolute Gasteiger partial charge is 0.464 e. The van der Waals surface area contributed by atoms with Gasteiger partial charge in [0.05, 0.1) is 20.0 Å². The molecule has 0 fully saturated rings. The molecule has 0 saturated carbocycles. The predicted molar refractivity (Wildman–Crippen MR) is 64.2 cm³/mol. The molecule has 0 amide bonds. The maximum Gasteiger partial charge on any atom is 0.360 e. The van der Waals surface area contributed by atoms with E-state index in [9.17, 15) is 9.18 Å². The van der Waals surface area contributed by atoms with Crippen LogP contribution in [0.25, 0.3) is 11.3 Å². The summed E-state index contributed by atoms with van der Waals surface area (Å²) in [5, 5.41) is 11.7. The Labute approximate surface area is 109 Å². The number of rotatable bonds is 5. The summed E-state index contributed by atoms with van der Waals surface area (Å²) in [6.07, 6.45) is 3.63. The molecule has 8 heteroatoms. The van der Waals surface area contributed by atoms with E-state index in [0.29, 0.717) is 24.2 Å². The Morgan fingerprint density at radius 2 is 2.32 bits per heavy atom. The first-order valence-electron chi connectivity index (χ1n) is 5.74. The number of esters is 1. The SMILES string of the molecule is COC(=O)c1nnn(CCCF)c1-c1cnn(C)c1. The van der Waals surface area contributed by atoms with Crippen LogP contribution in [0.2, 0.25) is 0 Å². The summed E-state index contributed by atoms with van der Waals surface area (Å²) < 4.78 is 20.0. The molecular formula is C11H14FN5O2. The van der Waals surface area contributed by atoms with Crippen molar-refractivity contribution in [3.8, 4) is 11.3 Å². The number of aromatic nitrogens is 5. The van der Waals surface area contributed by atoms with E-state index >= 15 is 0 Å². The molecule has 0 aliphatic carbocycles. The van der Waals surface area contributed by atoms with Crippen molar-refractivity contribution >= 4 is 5.97 Å². The zero-order valence-corrected chi connectivity index (χ0v) is 10.7. The van der Waals surface area contributed by atoms with Gasteiger partial charge in [-0.15, -0.1) is 5.10 Å². The second-order valence-electron chi connectivity index (χ2n) is 3.95. The average Bonchev–Trinajstić information content (AvgIpc) is 3.01. The molecule has 0 bridgehead atoms. The molecule has 102 valence electrons. The number of hydrogen-bond acceptors (Lipinski definition) is 5. The molecule has 0 N–H and O–H groups in total. The molecule has 2 rings (SSSR count). The van der Waals surface area contributed by atoms with E-state index in [0.717, 1.165) is 0 Å². The molecule has 0 saturated heterocycles. The van der Waals surface area contributed by atoms with Crippen molar-refractivity contribution < 1.29 is 13.9 Å². The first kappa shape index (κ1) is 13.2. The van der Waals surface area contributed by atoms with Crippen molar-refractivity contribution in [2.45, 2.75) is 13.0 Å². The monoisotopic (exact) mass is 267 g/mol. The molecule has 0 aliphatic rings. The van der Waals surface area contributed by atoms with E-state index in [1.165, 1.54) is 11.8 Å². The highest BCUT2D eigenvalue weighted by Crippen LogP contribution is 2.22. The lowest BCUT2D eigenvalue weighted by atomic mass is 10.2. The van der Waals surface area contributed by atoms with Gasteiger partial charge in [0, 0.05) is 25.4 Å². The maximum absolute atomic E-state index is 12.3. The molecule has 2 heterocycles. The van der Waals surface area contributed by atoms with Gasteiger partial charge in [-0.1, -0.05) is 5.21 Å². The number of carbonyl (C=O) groups excluding carboxylic acids is 1. The summed E-state index contributed by atoms with van der Waals surface area (Å²) in [7, 11) is 3.03. The fourth-order valence-corrected chi connectivity index (χ4v) is 1.74. The summed E-state index contributed by atoms with van der Waals surface area (Å²) in [5.41, 5.74) is 1.29. The number of hydrogen-bond donors (Lipinski definition) is 0. The normalized spacial score (nSPS) is 10.7. The molecule has 0 atom stereocenters. The van der Waals surface area contributed by atoms with Gasteiger partial charge < -0.3 is 4.74 Å². The number of nitrogens with zero attached hydrogens (tertiary/aromatic N) is 5. The minimum atomic E-state index is -0.578. The van der Waals surface area contributed by atoms with Crippen molar-refractivity contribution in [3.63, 3.8) is 0 Å². The summed E-state index contributed by atoms with van der Waals surface area (Å²) in [6.45, 7) is -0.120. The quantitative estimate of drug-likeness (QED) is 0.750. The Kier molecular flexibility index (Phi) is 3.88. The highest BCUT2D eigenvalue weighted by Gasteiger charge is 2.22. The van der Waals surface area contributed by atoms with Crippen molar-refractivity contribution in [1.82, 2.24) is 24.8 Å². The van der Waals surface area contributed by atoms with E-state index in [-0.39, 0.29) is 5.69 Å². The van der Waals surface area contributed by atoms with Crippen LogP contribution in [0.3, 0.4) is 0 Å². The molecule has 2 aromatic heterocycles. The lowest BCUT2D eigenvalue weighted by Gasteiger charge is -2.04. The van der Waals surface area contributed by atoms with Crippen molar-refractivity contribution in [2.75, 3.05) is 13.8 Å². The third-order valence-electron chi connectivity index (χ3n) is 2.60. The molecule has 19 heavy (non-hydrogen) atoms. The summed E-state index contributed by atoms with van der Waals surface area (Å²) >= 11 is 0. The molecule has 0 unspecified atom stereocenters. The summed E-state index contributed by atoms with van der Waals surface area (Å²) in [6, 6.07) is 0. The fourth-order valence-electron chi connectivity index (χ4n) is 1.74. The van der Waals surface area contributed by atoms with Gasteiger partial charge in [0.1, 0.15) is 5.69 Å². The van der Waals surface area contributed by atoms with Crippen LogP contribution in [-0.4, -0.2) is 44.5 Å². The number of alkyl halides is 1. The highest BCUT2D eigenvalue weighted by atomic mass is 19.1. The number of methoxy groups -OCH3 is 1. The van der Waals surface area contributed by atoms with Crippen LogP contribution in [0.5, 0.6) is 0 Å². The van der Waals surface area contributed by atoms with E-state index < -0.39 is 12.6 Å². The first-order chi connectivity index (χ1) is 9.17. The molecule has 7 nitrogen and oxygen atoms in total. The smallest absolute Gasteiger partial charge is 0.360 e. The zero-order chi connectivity index (χ0) is 13.8. The van der Waals surface area contributed by atoms with E-state index in [1.54, 1.807) is 24.1 Å². The standard InChI is InChI=1S/C11H14FN5O2/c1-16-7-8(6-13-16)10-9(11(18)19-2)14-15-17(10)5-3-4-12/h6-7H,3-5H2,1-2H3. The van der Waals surface area contributed by atoms with Gasteiger partial charge in [-0.3, -0.25) is 9.07 Å². The summed E-state index contributed by atoms with van der Waals surface area (Å²) in [5.74, 6) is -0.578. The van der Waals surface area contributed by atoms with Crippen molar-refractivity contribution in [3.05, 3.63) is 18.1 Å². The zero-order valence-electron chi connectivity index (χ0n) is 10.7. The minimum Gasteiger partial charge on any atom is -0.464 e. The number of halogens is 1. The predicted octanol–water partition coefficient (Wildman–Crippen LogP) is 0.825. The average molecular weight is 267 g/mol. The molecule has 0 aliphatic heterocycles. The fraction of sp³-hybridized carbons (Fsp3) is 0.455. The Hall–Kier alpha value is -2.25. The van der Waals surface area contributed by atoms with Crippen LogP contribution in [0, 0.1) is 0 Å². The topological polar surface area (TPSA) is 74.8 Å². The van der Waals surface area contributed by atoms with E-state index in [1.807, 2.05) is 0 Å². The maximum atomic E-state index is 12.3. The second kappa shape index (κ2) is 5.59. The van der Waals surface area contributed by atoms with Crippen molar-refractivity contribution in [1.29, 1.82) is 0 Å². The molecule has 0 aromatic carbocycles. The van der Waals surface area contributed by atoms with Gasteiger partial charge in [0.2, 0.25) is 0 Å². The van der Waals surface area contributed by atoms with Crippen LogP contribution in [0.1, 0.15) is 16.9 Å². The van der Waals surface area contributed by atoms with Crippen LogP contribution in [0.15, 0.2) is 12.4 Å². The van der Waals surface area contributed by atoms with Gasteiger partial charge in [0.15, 0.2) is 5.69 Å². The Balaban J connectivity index is 2.46. The lowest BCUT2D eigenvalue weighted by molar-refractivity contribution is 0.0595. The number of ether oxygens (including phenoxy) is 1. The third kappa shape index (κ3) is 2.61. The van der Waals surface area contributed by atoms with Gasteiger partial charge in [0.25, 0.3) is 0 Å². The molecule has 0 radical (unpaired) electrons. The Bertz CT molecular complexity index is 577. The van der Waals surface area contributed by atoms with E-state index in [4.69, 9.17) is 0 Å². The third-order valence-corrected chi connectivity index (χ3v) is 2.60. The lowest BCUT2D eigenvalue weighted by Crippen LogP contribution is -2.07. The van der Waals surface area contributed by atoms with Gasteiger partial charge in [-0.2, -0.15) is 5.10 Å². The highest BCUT2D eigenvalue weighted by molar-refractivity contribution is 5.93. The van der Waals surface area contributed by atoms with Gasteiger partial charge in [-0.25, -0.2) is 9.48 Å². The number of aryl methyl sites for hydroxylation is 2. The van der Waals surface area contributed by atoms with Crippen molar-refractivity contribution in [2.24, 2.45) is 7.05 Å². The van der Waals surface area contributed by atoms with Crippen LogP contribution >= 0.6 is 0 Å². The van der Waals surface area contributed by atoms with E-state index in [2.05, 4.69) is 20.1 Å². The first-order valence-corrected chi connectivity index (χ1v) is 5.74. The summed E-state index contributed by atoms with van der Waals surface area (Å²) in [4.78, 5) is 11.7.